The molecule has 0 amide bonds. The summed E-state index contributed by atoms with van der Waals surface area (Å²) in [5, 5.41) is 3.24. The molecule has 18 heavy (non-hydrogen) atoms. The number of benzene rings is 2. The average Bonchev–Trinajstić information content (AvgIpc) is 2.39. The quantitative estimate of drug-likeness (QED) is 0.830. The zero-order valence-electron chi connectivity index (χ0n) is 10.4. The van der Waals surface area contributed by atoms with Crippen LogP contribution in [-0.2, 0) is 0 Å². The van der Waals surface area contributed by atoms with Crippen LogP contribution in [0.25, 0.3) is 0 Å². The van der Waals surface area contributed by atoms with Gasteiger partial charge in [-0.15, -0.1) is 0 Å². The number of rotatable bonds is 4. The summed E-state index contributed by atoms with van der Waals surface area (Å²) in [7, 11) is 1.63. The summed E-state index contributed by atoms with van der Waals surface area (Å²) in [6.07, 6.45) is 0. The van der Waals surface area contributed by atoms with Gasteiger partial charge in [0.1, 0.15) is 5.75 Å². The van der Waals surface area contributed by atoms with Crippen LogP contribution in [0.5, 0.6) is 5.75 Å². The van der Waals surface area contributed by atoms with Crippen molar-refractivity contribution in [3.8, 4) is 5.75 Å². The fourth-order valence-electron chi connectivity index (χ4n) is 1.72. The van der Waals surface area contributed by atoms with Crippen LogP contribution in [0.4, 0.5) is 11.4 Å². The maximum absolute atomic E-state index is 11.3. The zero-order valence-corrected chi connectivity index (χ0v) is 10.4. The highest BCUT2D eigenvalue weighted by atomic mass is 16.5. The molecular weight excluding hydrogens is 226 g/mol. The molecule has 0 unspecified atom stereocenters. The zero-order chi connectivity index (χ0) is 13.0. The first-order valence-corrected chi connectivity index (χ1v) is 5.72. The third kappa shape index (κ3) is 2.69. The Morgan fingerprint density at radius 1 is 1.11 bits per heavy atom. The molecule has 0 spiro atoms. The molecule has 0 fully saturated rings. The van der Waals surface area contributed by atoms with Gasteiger partial charge >= 0.3 is 0 Å². The molecule has 0 bridgehead atoms. The molecule has 0 saturated carbocycles. The summed E-state index contributed by atoms with van der Waals surface area (Å²) < 4.78 is 5.27. The monoisotopic (exact) mass is 241 g/mol. The molecule has 3 nitrogen and oxygen atoms in total. The Labute approximate surface area is 106 Å². The van der Waals surface area contributed by atoms with E-state index in [9.17, 15) is 4.79 Å². The van der Waals surface area contributed by atoms with Crippen LogP contribution < -0.4 is 10.1 Å². The summed E-state index contributed by atoms with van der Waals surface area (Å²) in [6, 6.07) is 15.1. The second kappa shape index (κ2) is 5.36. The van der Waals surface area contributed by atoms with Gasteiger partial charge in [0, 0.05) is 11.3 Å². The third-order valence-corrected chi connectivity index (χ3v) is 2.66. The summed E-state index contributed by atoms with van der Waals surface area (Å²) in [5.74, 6) is 0.824. The van der Waals surface area contributed by atoms with E-state index >= 15 is 0 Å². The van der Waals surface area contributed by atoms with Gasteiger partial charge < -0.3 is 10.1 Å². The van der Waals surface area contributed by atoms with E-state index in [-0.39, 0.29) is 5.78 Å². The number of hydrogen-bond acceptors (Lipinski definition) is 3. The minimum atomic E-state index is 0.0543. The van der Waals surface area contributed by atoms with Gasteiger partial charge in [0.25, 0.3) is 0 Å². The Bertz CT molecular complexity index is 564. The smallest absolute Gasteiger partial charge is 0.159 e. The van der Waals surface area contributed by atoms with Crippen molar-refractivity contribution < 1.29 is 9.53 Å². The van der Waals surface area contributed by atoms with Crippen LogP contribution in [0.2, 0.25) is 0 Å². The van der Waals surface area contributed by atoms with Gasteiger partial charge in [-0.05, 0) is 31.2 Å². The molecule has 1 N–H and O–H groups in total. The van der Waals surface area contributed by atoms with Crippen molar-refractivity contribution in [2.45, 2.75) is 6.92 Å². The Balaban J connectivity index is 2.28. The van der Waals surface area contributed by atoms with Crippen molar-refractivity contribution in [3.05, 3.63) is 54.1 Å². The Morgan fingerprint density at radius 3 is 2.61 bits per heavy atom. The van der Waals surface area contributed by atoms with Gasteiger partial charge in [-0.1, -0.05) is 24.3 Å². The molecule has 0 radical (unpaired) electrons. The predicted molar refractivity (Wildman–Crippen MR) is 72.7 cm³/mol. The van der Waals surface area contributed by atoms with Gasteiger partial charge in [-0.25, -0.2) is 0 Å². The molecule has 2 aromatic carbocycles. The minimum Gasteiger partial charge on any atom is -0.495 e. The standard InChI is InChI=1S/C15H15NO2/c1-11(17)12-6-5-7-13(10-12)16-14-8-3-4-9-15(14)18-2/h3-10,16H,1-2H3. The van der Waals surface area contributed by atoms with Crippen LogP contribution >= 0.6 is 0 Å². The lowest BCUT2D eigenvalue weighted by Crippen LogP contribution is -1.97. The number of hydrogen-bond donors (Lipinski definition) is 1. The average molecular weight is 241 g/mol. The maximum atomic E-state index is 11.3. The number of Topliss-reactive ketones (excluding diaryl/α,β-unsaturated/α-hetero) is 1. The van der Waals surface area contributed by atoms with Crippen LogP contribution in [0.15, 0.2) is 48.5 Å². The number of para-hydroxylation sites is 2. The van der Waals surface area contributed by atoms with Gasteiger partial charge in [-0.3, -0.25) is 4.79 Å². The fourth-order valence-corrected chi connectivity index (χ4v) is 1.72. The van der Waals surface area contributed by atoms with E-state index in [0.717, 1.165) is 17.1 Å². The lowest BCUT2D eigenvalue weighted by Gasteiger charge is -2.11. The number of methoxy groups -OCH3 is 1. The first-order chi connectivity index (χ1) is 8.70. The molecule has 3 heteroatoms. The van der Waals surface area contributed by atoms with Crippen LogP contribution in [-0.4, -0.2) is 12.9 Å². The minimum absolute atomic E-state index is 0.0543. The molecule has 92 valence electrons. The van der Waals surface area contributed by atoms with E-state index in [1.54, 1.807) is 20.1 Å². The Hall–Kier alpha value is -2.29. The summed E-state index contributed by atoms with van der Waals surface area (Å²) in [6.45, 7) is 1.56. The topological polar surface area (TPSA) is 38.3 Å². The highest BCUT2D eigenvalue weighted by molar-refractivity contribution is 5.95. The highest BCUT2D eigenvalue weighted by Gasteiger charge is 2.04. The summed E-state index contributed by atoms with van der Waals surface area (Å²) in [4.78, 5) is 11.3. The molecule has 2 aromatic rings. The molecule has 0 heterocycles. The molecule has 0 aliphatic rings. The van der Waals surface area contributed by atoms with Gasteiger partial charge in [0.15, 0.2) is 5.78 Å². The van der Waals surface area contributed by atoms with Crippen molar-refractivity contribution in [3.63, 3.8) is 0 Å². The predicted octanol–water partition coefficient (Wildman–Crippen LogP) is 3.64. The number of ether oxygens (including phenoxy) is 1. The van der Waals surface area contributed by atoms with Crippen molar-refractivity contribution in [1.29, 1.82) is 0 Å². The molecule has 0 aliphatic carbocycles. The number of carbonyl (C=O) groups excluding carboxylic acids is 1. The summed E-state index contributed by atoms with van der Waals surface area (Å²) in [5.41, 5.74) is 2.43. The van der Waals surface area contributed by atoms with Gasteiger partial charge in [-0.2, -0.15) is 0 Å². The first-order valence-electron chi connectivity index (χ1n) is 5.72. The number of carbonyl (C=O) groups is 1. The normalized spacial score (nSPS) is 9.89. The van der Waals surface area contributed by atoms with Crippen LogP contribution in [0, 0.1) is 0 Å². The van der Waals surface area contributed by atoms with E-state index in [1.807, 2.05) is 42.5 Å². The van der Waals surface area contributed by atoms with E-state index in [2.05, 4.69) is 5.32 Å². The lowest BCUT2D eigenvalue weighted by atomic mass is 10.1. The van der Waals surface area contributed by atoms with E-state index in [4.69, 9.17) is 4.74 Å². The van der Waals surface area contributed by atoms with Crippen LogP contribution in [0.3, 0.4) is 0 Å². The SMILES string of the molecule is COc1ccccc1Nc1cccc(C(C)=O)c1. The number of nitrogens with one attached hydrogen (secondary N) is 1. The first kappa shape index (κ1) is 12.2. The number of ketones is 1. The van der Waals surface area contributed by atoms with Crippen molar-refractivity contribution >= 4 is 17.2 Å². The number of anilines is 2. The molecule has 0 saturated heterocycles. The second-order valence-corrected chi connectivity index (χ2v) is 3.96. The van der Waals surface area contributed by atoms with Gasteiger partial charge in [0.2, 0.25) is 0 Å². The summed E-state index contributed by atoms with van der Waals surface area (Å²) >= 11 is 0. The third-order valence-electron chi connectivity index (χ3n) is 2.66. The molecule has 0 aromatic heterocycles. The van der Waals surface area contributed by atoms with E-state index in [1.165, 1.54) is 0 Å². The lowest BCUT2D eigenvalue weighted by molar-refractivity contribution is 0.101. The van der Waals surface area contributed by atoms with E-state index < -0.39 is 0 Å². The fraction of sp³-hybridized carbons (Fsp3) is 0.133. The molecule has 0 aliphatic heterocycles. The largest absolute Gasteiger partial charge is 0.495 e. The molecule has 2 rings (SSSR count). The second-order valence-electron chi connectivity index (χ2n) is 3.96. The molecular formula is C15H15NO2. The van der Waals surface area contributed by atoms with Crippen molar-refractivity contribution in [2.24, 2.45) is 0 Å². The van der Waals surface area contributed by atoms with Crippen molar-refractivity contribution in [2.75, 3.05) is 12.4 Å². The Kier molecular flexibility index (Phi) is 3.63. The molecule has 0 atom stereocenters. The van der Waals surface area contributed by atoms with Crippen LogP contribution in [0.1, 0.15) is 17.3 Å². The van der Waals surface area contributed by atoms with Gasteiger partial charge in [0.05, 0.1) is 12.8 Å². The highest BCUT2D eigenvalue weighted by Crippen LogP contribution is 2.27. The van der Waals surface area contributed by atoms with Crippen molar-refractivity contribution in [1.82, 2.24) is 0 Å². The van der Waals surface area contributed by atoms with E-state index in [0.29, 0.717) is 5.56 Å². The Morgan fingerprint density at radius 2 is 1.89 bits per heavy atom. The maximum Gasteiger partial charge on any atom is 0.159 e.